The van der Waals surface area contributed by atoms with Crippen molar-refractivity contribution in [1.82, 2.24) is 4.57 Å². The van der Waals surface area contributed by atoms with Crippen molar-refractivity contribution in [1.29, 1.82) is 0 Å². The lowest BCUT2D eigenvalue weighted by molar-refractivity contribution is 0.0583. The number of carbonyl (C=O) groups excluding carboxylic acids is 1. The normalized spacial score (nSPS) is 16.9. The maximum atomic E-state index is 14.1. The fraction of sp³-hybridized carbons (Fsp3) is 0.407. The number of esters is 1. The number of nitrogens with zero attached hydrogens (tertiary/aromatic N) is 1. The zero-order valence-electron chi connectivity index (χ0n) is 22.0. The highest BCUT2D eigenvalue weighted by Gasteiger charge is 2.31. The van der Waals surface area contributed by atoms with Crippen molar-refractivity contribution in [2.75, 3.05) is 35.5 Å². The van der Waals surface area contributed by atoms with Crippen LogP contribution in [0.1, 0.15) is 42.2 Å². The van der Waals surface area contributed by atoms with Crippen LogP contribution in [-0.2, 0) is 4.74 Å². The van der Waals surface area contributed by atoms with E-state index in [0.29, 0.717) is 62.2 Å². The molecule has 11 heteroatoms. The predicted octanol–water partition coefficient (Wildman–Crippen LogP) is 5.12. The van der Waals surface area contributed by atoms with Gasteiger partial charge in [0.2, 0.25) is 0 Å². The Morgan fingerprint density at radius 3 is 1.97 bits per heavy atom. The van der Waals surface area contributed by atoms with Crippen molar-refractivity contribution in [3.05, 3.63) is 44.8 Å². The zero-order chi connectivity index (χ0) is 26.9. The fourth-order valence-corrected chi connectivity index (χ4v) is 5.71. The second kappa shape index (κ2) is 12.3. The third kappa shape index (κ3) is 5.17. The van der Waals surface area contributed by atoms with Crippen molar-refractivity contribution in [3.8, 4) is 34.1 Å². The van der Waals surface area contributed by atoms with E-state index in [9.17, 15) is 9.59 Å². The summed E-state index contributed by atoms with van der Waals surface area (Å²) in [6.07, 6.45) is 2.83. The highest BCUT2D eigenvalue weighted by atomic mass is 79.9. The maximum Gasteiger partial charge on any atom is 0.355 e. The SMILES string of the molecule is COC(=O)c1c(-c2cc(Br)c(OC)c(OC)c2)c2cc(OC)c(OC)cc2c(=O)n1C1CCC(N)CC1.Cl. The van der Waals surface area contributed by atoms with Gasteiger partial charge in [-0.3, -0.25) is 9.36 Å². The number of pyridine rings is 1. The first kappa shape index (κ1) is 29.6. The summed E-state index contributed by atoms with van der Waals surface area (Å²) >= 11 is 3.56. The van der Waals surface area contributed by atoms with E-state index >= 15 is 0 Å². The molecule has 1 aromatic heterocycles. The van der Waals surface area contributed by atoms with Crippen molar-refractivity contribution < 1.29 is 28.5 Å². The Morgan fingerprint density at radius 1 is 0.868 bits per heavy atom. The molecular weight excluding hydrogens is 580 g/mol. The standard InChI is InChI=1S/C27H31BrN2O7.ClH/c1-33-20-12-17-18(13-21(20)34-2)26(31)30(16-8-6-15(29)7-9-16)24(27(32)37-5)23(17)14-10-19(28)25(36-4)22(11-14)35-3;/h10-13,15-16H,6-9,29H2,1-5H3;1H. The molecule has 1 fully saturated rings. The monoisotopic (exact) mass is 610 g/mol. The largest absolute Gasteiger partial charge is 0.493 e. The summed E-state index contributed by atoms with van der Waals surface area (Å²) in [4.78, 5) is 27.5. The van der Waals surface area contributed by atoms with E-state index in [1.807, 2.05) is 6.07 Å². The van der Waals surface area contributed by atoms with Crippen LogP contribution in [0.25, 0.3) is 21.9 Å². The van der Waals surface area contributed by atoms with Crippen molar-refractivity contribution >= 4 is 45.1 Å². The van der Waals surface area contributed by atoms with Crippen LogP contribution in [0.15, 0.2) is 33.5 Å². The molecule has 2 N–H and O–H groups in total. The molecule has 1 saturated carbocycles. The van der Waals surface area contributed by atoms with Crippen LogP contribution in [-0.4, -0.2) is 52.1 Å². The summed E-state index contributed by atoms with van der Waals surface area (Å²) in [6.45, 7) is 0. The third-order valence-corrected chi connectivity index (χ3v) is 7.52. The van der Waals surface area contributed by atoms with Gasteiger partial charge in [-0.2, -0.15) is 0 Å². The Hall–Kier alpha value is -2.95. The number of nitrogens with two attached hydrogens (primary N) is 1. The molecule has 1 aliphatic carbocycles. The van der Waals surface area contributed by atoms with E-state index < -0.39 is 5.97 Å². The minimum atomic E-state index is -0.621. The summed E-state index contributed by atoms with van der Waals surface area (Å²) in [5.74, 6) is 1.17. The summed E-state index contributed by atoms with van der Waals surface area (Å²) < 4.78 is 29.6. The Morgan fingerprint density at radius 2 is 1.45 bits per heavy atom. The van der Waals surface area contributed by atoms with Crippen molar-refractivity contribution in [2.45, 2.75) is 37.8 Å². The second-order valence-corrected chi connectivity index (χ2v) is 9.76. The molecule has 0 radical (unpaired) electrons. The van der Waals surface area contributed by atoms with E-state index in [0.717, 1.165) is 12.8 Å². The van der Waals surface area contributed by atoms with Crippen LogP contribution in [0.5, 0.6) is 23.0 Å². The minimum Gasteiger partial charge on any atom is -0.493 e. The summed E-state index contributed by atoms with van der Waals surface area (Å²) in [5, 5.41) is 0.909. The first-order chi connectivity index (χ1) is 17.8. The third-order valence-electron chi connectivity index (χ3n) is 6.93. The van der Waals surface area contributed by atoms with Crippen molar-refractivity contribution in [3.63, 3.8) is 0 Å². The molecule has 0 spiro atoms. The molecule has 2 aromatic carbocycles. The Labute approximate surface area is 235 Å². The highest BCUT2D eigenvalue weighted by Crippen LogP contribution is 2.44. The number of hydrogen-bond acceptors (Lipinski definition) is 8. The smallest absolute Gasteiger partial charge is 0.355 e. The van der Waals surface area contributed by atoms with E-state index in [1.54, 1.807) is 29.9 Å². The number of fused-ring (bicyclic) bond motifs is 1. The van der Waals surface area contributed by atoms with Crippen LogP contribution in [0.3, 0.4) is 0 Å². The maximum absolute atomic E-state index is 14.1. The Kier molecular flexibility index (Phi) is 9.56. The average molecular weight is 612 g/mol. The molecule has 9 nitrogen and oxygen atoms in total. The molecule has 4 rings (SSSR count). The van der Waals surface area contributed by atoms with Crippen LogP contribution >= 0.6 is 28.3 Å². The number of rotatable bonds is 7. The number of halogens is 2. The Balaban J connectivity index is 0.00000400. The first-order valence-electron chi connectivity index (χ1n) is 11.9. The van der Waals surface area contributed by atoms with Gasteiger partial charge in [-0.15, -0.1) is 12.4 Å². The topological polar surface area (TPSA) is 111 Å². The van der Waals surface area contributed by atoms with Crippen LogP contribution in [0, 0.1) is 0 Å². The van der Waals surface area contributed by atoms with Gasteiger partial charge in [0.05, 0.1) is 45.4 Å². The number of methoxy groups -OCH3 is 5. The first-order valence-corrected chi connectivity index (χ1v) is 12.7. The van der Waals surface area contributed by atoms with E-state index in [-0.39, 0.29) is 35.7 Å². The lowest BCUT2D eigenvalue weighted by atomic mass is 9.89. The van der Waals surface area contributed by atoms with Gasteiger partial charge in [-0.05, 0) is 71.4 Å². The molecule has 38 heavy (non-hydrogen) atoms. The summed E-state index contributed by atoms with van der Waals surface area (Å²) in [7, 11) is 7.42. The second-order valence-electron chi connectivity index (χ2n) is 8.91. The number of ether oxygens (including phenoxy) is 5. The quantitative estimate of drug-likeness (QED) is 0.367. The molecule has 0 bridgehead atoms. The molecule has 0 aliphatic heterocycles. The number of carbonyl (C=O) groups is 1. The van der Waals surface area contributed by atoms with Gasteiger partial charge in [0.15, 0.2) is 23.0 Å². The average Bonchev–Trinajstić information content (AvgIpc) is 2.91. The Bertz CT molecular complexity index is 1400. The predicted molar refractivity (Wildman–Crippen MR) is 152 cm³/mol. The molecular formula is C27H32BrClN2O7. The van der Waals surface area contributed by atoms with Crippen LogP contribution in [0.4, 0.5) is 0 Å². The molecule has 0 unspecified atom stereocenters. The molecule has 206 valence electrons. The van der Waals surface area contributed by atoms with Crippen molar-refractivity contribution in [2.24, 2.45) is 5.73 Å². The number of benzene rings is 2. The van der Waals surface area contributed by atoms with Gasteiger partial charge in [-0.1, -0.05) is 0 Å². The molecule has 0 saturated heterocycles. The van der Waals surface area contributed by atoms with Crippen LogP contribution < -0.4 is 30.2 Å². The highest BCUT2D eigenvalue weighted by molar-refractivity contribution is 9.10. The van der Waals surface area contributed by atoms with Gasteiger partial charge >= 0.3 is 5.97 Å². The molecule has 1 aliphatic rings. The van der Waals surface area contributed by atoms with E-state index in [2.05, 4.69) is 15.9 Å². The van der Waals surface area contributed by atoms with Gasteiger partial charge in [-0.25, -0.2) is 4.79 Å². The lowest BCUT2D eigenvalue weighted by Gasteiger charge is -2.30. The molecule has 0 atom stereocenters. The molecule has 1 heterocycles. The van der Waals surface area contributed by atoms with E-state index in [1.165, 1.54) is 28.4 Å². The summed E-state index contributed by atoms with van der Waals surface area (Å²) in [6, 6.07) is 6.81. The zero-order valence-corrected chi connectivity index (χ0v) is 24.4. The van der Waals surface area contributed by atoms with Crippen LogP contribution in [0.2, 0.25) is 0 Å². The fourth-order valence-electron chi connectivity index (χ4n) is 5.10. The molecule has 3 aromatic rings. The van der Waals surface area contributed by atoms with Gasteiger partial charge in [0.1, 0.15) is 5.69 Å². The van der Waals surface area contributed by atoms with Gasteiger partial charge in [0.25, 0.3) is 5.56 Å². The van der Waals surface area contributed by atoms with Gasteiger partial charge < -0.3 is 29.4 Å². The van der Waals surface area contributed by atoms with Gasteiger partial charge in [0, 0.05) is 23.0 Å². The minimum absolute atomic E-state index is 0. The summed E-state index contributed by atoms with van der Waals surface area (Å²) in [5.41, 5.74) is 7.15. The molecule has 0 amide bonds. The number of hydrogen-bond donors (Lipinski definition) is 1. The number of aromatic nitrogens is 1. The lowest BCUT2D eigenvalue weighted by Crippen LogP contribution is -2.36. The van der Waals surface area contributed by atoms with E-state index in [4.69, 9.17) is 29.4 Å².